The van der Waals surface area contributed by atoms with Crippen molar-refractivity contribution >= 4 is 5.91 Å². The summed E-state index contributed by atoms with van der Waals surface area (Å²) in [5.41, 5.74) is 8.56. The molecule has 0 aliphatic heterocycles. The molecule has 1 aromatic carbocycles. The van der Waals surface area contributed by atoms with Crippen molar-refractivity contribution in [2.75, 3.05) is 20.7 Å². The van der Waals surface area contributed by atoms with Gasteiger partial charge < -0.3 is 15.4 Å². The van der Waals surface area contributed by atoms with E-state index in [0.29, 0.717) is 0 Å². The minimum Gasteiger partial charge on any atom is -0.484 e. The van der Waals surface area contributed by atoms with Gasteiger partial charge >= 0.3 is 0 Å². The summed E-state index contributed by atoms with van der Waals surface area (Å²) < 4.78 is 5.50. The zero-order valence-electron chi connectivity index (χ0n) is 11.0. The van der Waals surface area contributed by atoms with Crippen LogP contribution in [0.2, 0.25) is 0 Å². The van der Waals surface area contributed by atoms with Gasteiger partial charge in [-0.25, -0.2) is 0 Å². The van der Waals surface area contributed by atoms with E-state index >= 15 is 0 Å². The van der Waals surface area contributed by atoms with Gasteiger partial charge in [-0.05, 0) is 42.5 Å². The monoisotopic (exact) mass is 248 g/mol. The second-order valence-electron chi connectivity index (χ2n) is 5.01. The predicted octanol–water partition coefficient (Wildman–Crippen LogP) is 0.970. The number of fused-ring (bicyclic) bond motifs is 1. The fourth-order valence-corrected chi connectivity index (χ4v) is 2.13. The van der Waals surface area contributed by atoms with Crippen LogP contribution in [0.3, 0.4) is 0 Å². The van der Waals surface area contributed by atoms with E-state index < -0.39 is 0 Å². The number of hydrogen-bond donors (Lipinski definition) is 1. The van der Waals surface area contributed by atoms with Crippen molar-refractivity contribution < 1.29 is 9.53 Å². The highest BCUT2D eigenvalue weighted by Gasteiger charge is 2.16. The quantitative estimate of drug-likeness (QED) is 0.867. The van der Waals surface area contributed by atoms with Gasteiger partial charge in [-0.2, -0.15) is 0 Å². The summed E-state index contributed by atoms with van der Waals surface area (Å²) in [6.45, 7) is 0.0812. The maximum atomic E-state index is 11.4. The summed E-state index contributed by atoms with van der Waals surface area (Å²) in [6, 6.07) is 6.27. The first-order chi connectivity index (χ1) is 8.56. The minimum absolute atomic E-state index is 0.0376. The minimum atomic E-state index is -0.0376. The average molecular weight is 248 g/mol. The Kier molecular flexibility index (Phi) is 3.87. The highest BCUT2D eigenvalue weighted by atomic mass is 16.5. The van der Waals surface area contributed by atoms with Gasteiger partial charge in [0.2, 0.25) is 0 Å². The molecule has 98 valence electrons. The van der Waals surface area contributed by atoms with E-state index in [9.17, 15) is 4.79 Å². The fourth-order valence-electron chi connectivity index (χ4n) is 2.13. The summed E-state index contributed by atoms with van der Waals surface area (Å²) in [7, 11) is 3.44. The molecule has 2 N–H and O–H groups in total. The van der Waals surface area contributed by atoms with Crippen LogP contribution in [0.15, 0.2) is 18.2 Å². The number of amides is 1. The molecule has 0 heterocycles. The number of aryl methyl sites for hydroxylation is 1. The molecule has 2 rings (SSSR count). The maximum Gasteiger partial charge on any atom is 0.259 e. The number of rotatable bonds is 3. The van der Waals surface area contributed by atoms with E-state index in [1.165, 1.54) is 16.0 Å². The normalized spacial score (nSPS) is 18.1. The van der Waals surface area contributed by atoms with Gasteiger partial charge in [0, 0.05) is 20.1 Å². The lowest BCUT2D eigenvalue weighted by Crippen LogP contribution is -2.28. The van der Waals surface area contributed by atoms with Crippen LogP contribution in [0.5, 0.6) is 5.75 Å². The van der Waals surface area contributed by atoms with Crippen molar-refractivity contribution in [2.24, 2.45) is 5.73 Å². The molecule has 18 heavy (non-hydrogen) atoms. The zero-order valence-corrected chi connectivity index (χ0v) is 11.0. The number of ether oxygens (including phenoxy) is 1. The fraction of sp³-hybridized carbons (Fsp3) is 0.500. The summed E-state index contributed by atoms with van der Waals surface area (Å²) in [6.07, 6.45) is 2.98. The van der Waals surface area contributed by atoms with Gasteiger partial charge in [-0.15, -0.1) is 0 Å². The molecule has 0 radical (unpaired) electrons. The maximum absolute atomic E-state index is 11.4. The van der Waals surface area contributed by atoms with Gasteiger partial charge in [-0.3, -0.25) is 4.79 Å². The average Bonchev–Trinajstić information content (AvgIpc) is 2.35. The lowest BCUT2D eigenvalue weighted by atomic mass is 9.89. The van der Waals surface area contributed by atoms with Crippen LogP contribution < -0.4 is 10.5 Å². The molecule has 0 spiro atoms. The van der Waals surface area contributed by atoms with Gasteiger partial charge in [-0.1, -0.05) is 6.07 Å². The van der Waals surface area contributed by atoms with E-state index in [1.54, 1.807) is 14.1 Å². The smallest absolute Gasteiger partial charge is 0.259 e. The molecule has 4 heteroatoms. The summed E-state index contributed by atoms with van der Waals surface area (Å²) in [4.78, 5) is 13.0. The van der Waals surface area contributed by atoms with Crippen LogP contribution in [0, 0.1) is 0 Å². The largest absolute Gasteiger partial charge is 0.484 e. The highest BCUT2D eigenvalue weighted by molar-refractivity contribution is 5.77. The van der Waals surface area contributed by atoms with Crippen molar-refractivity contribution in [3.05, 3.63) is 29.3 Å². The second kappa shape index (κ2) is 5.40. The van der Waals surface area contributed by atoms with Gasteiger partial charge in [0.15, 0.2) is 6.61 Å². The number of benzene rings is 1. The molecule has 0 bridgehead atoms. The predicted molar refractivity (Wildman–Crippen MR) is 70.6 cm³/mol. The molecular formula is C14H20N2O2. The molecule has 1 amide bonds. The van der Waals surface area contributed by atoms with E-state index in [1.807, 2.05) is 12.1 Å². The number of carbonyl (C=O) groups is 1. The molecule has 1 aliphatic rings. The third-order valence-electron chi connectivity index (χ3n) is 3.31. The molecule has 1 aromatic rings. The van der Waals surface area contributed by atoms with Crippen LogP contribution in [-0.4, -0.2) is 37.6 Å². The Morgan fingerprint density at radius 2 is 2.22 bits per heavy atom. The highest BCUT2D eigenvalue weighted by Crippen LogP contribution is 2.24. The molecule has 0 saturated carbocycles. The molecule has 0 aromatic heterocycles. The summed E-state index contributed by atoms with van der Waals surface area (Å²) in [5, 5.41) is 0. The van der Waals surface area contributed by atoms with E-state index in [4.69, 9.17) is 10.5 Å². The molecule has 0 saturated heterocycles. The first kappa shape index (κ1) is 12.9. The third-order valence-corrected chi connectivity index (χ3v) is 3.31. The standard InChI is InChI=1S/C14H20N2O2/c1-16(2)14(17)9-18-13-6-4-10-3-5-12(15)7-11(10)8-13/h4,6,8,12H,3,5,7,9,15H2,1-2H3. The van der Waals surface area contributed by atoms with Crippen LogP contribution in [-0.2, 0) is 17.6 Å². The number of hydrogen-bond acceptors (Lipinski definition) is 3. The van der Waals surface area contributed by atoms with E-state index in [0.717, 1.165) is 25.0 Å². The van der Waals surface area contributed by atoms with E-state index in [2.05, 4.69) is 6.07 Å². The summed E-state index contributed by atoms with van der Waals surface area (Å²) >= 11 is 0. The second-order valence-corrected chi connectivity index (χ2v) is 5.01. The molecule has 1 aliphatic carbocycles. The molecule has 0 fully saturated rings. The van der Waals surface area contributed by atoms with Gasteiger partial charge in [0.25, 0.3) is 5.91 Å². The summed E-state index contributed by atoms with van der Waals surface area (Å²) in [5.74, 6) is 0.711. The van der Waals surface area contributed by atoms with E-state index in [-0.39, 0.29) is 18.6 Å². The first-order valence-electron chi connectivity index (χ1n) is 6.26. The zero-order chi connectivity index (χ0) is 13.1. The van der Waals surface area contributed by atoms with Gasteiger partial charge in [0.05, 0.1) is 0 Å². The van der Waals surface area contributed by atoms with Crippen LogP contribution in [0.25, 0.3) is 0 Å². The SMILES string of the molecule is CN(C)C(=O)COc1ccc2c(c1)CC(N)CC2. The lowest BCUT2D eigenvalue weighted by Gasteiger charge is -2.22. The van der Waals surface area contributed by atoms with Crippen molar-refractivity contribution in [3.8, 4) is 5.75 Å². The first-order valence-corrected chi connectivity index (χ1v) is 6.26. The van der Waals surface area contributed by atoms with Crippen molar-refractivity contribution in [2.45, 2.75) is 25.3 Å². The Morgan fingerprint density at radius 1 is 1.44 bits per heavy atom. The molecular weight excluding hydrogens is 228 g/mol. The van der Waals surface area contributed by atoms with Crippen LogP contribution in [0.1, 0.15) is 17.5 Å². The van der Waals surface area contributed by atoms with Crippen LogP contribution >= 0.6 is 0 Å². The van der Waals surface area contributed by atoms with Crippen molar-refractivity contribution in [1.82, 2.24) is 4.90 Å². The molecule has 1 unspecified atom stereocenters. The number of nitrogens with zero attached hydrogens (tertiary/aromatic N) is 1. The Morgan fingerprint density at radius 3 is 2.94 bits per heavy atom. The van der Waals surface area contributed by atoms with Crippen molar-refractivity contribution in [1.29, 1.82) is 0 Å². The lowest BCUT2D eigenvalue weighted by molar-refractivity contribution is -0.130. The Hall–Kier alpha value is -1.55. The molecule has 1 atom stereocenters. The third kappa shape index (κ3) is 3.01. The van der Waals surface area contributed by atoms with Crippen LogP contribution in [0.4, 0.5) is 0 Å². The number of carbonyl (C=O) groups excluding carboxylic acids is 1. The Bertz CT molecular complexity index is 443. The number of likely N-dealkylation sites (N-methyl/N-ethyl adjacent to an activating group) is 1. The van der Waals surface area contributed by atoms with Crippen molar-refractivity contribution in [3.63, 3.8) is 0 Å². The molecule has 4 nitrogen and oxygen atoms in total. The Labute approximate surface area is 108 Å². The number of nitrogens with two attached hydrogens (primary N) is 1. The topological polar surface area (TPSA) is 55.6 Å². The Balaban J connectivity index is 2.02. The van der Waals surface area contributed by atoms with Gasteiger partial charge in [0.1, 0.15) is 5.75 Å².